The lowest BCUT2D eigenvalue weighted by atomic mass is 10.4. The van der Waals surface area contributed by atoms with Crippen LogP contribution in [-0.2, 0) is 6.54 Å². The number of thioether (sulfide) groups is 1. The predicted octanol–water partition coefficient (Wildman–Crippen LogP) is 4.26. The maximum atomic E-state index is 4.51. The Morgan fingerprint density at radius 3 is 2.67 bits per heavy atom. The fraction of sp³-hybridized carbons (Fsp3) is 0.412. The molecule has 1 atom stereocenters. The minimum absolute atomic E-state index is 0. The van der Waals surface area contributed by atoms with E-state index in [1.807, 2.05) is 38.8 Å². The number of thiazole rings is 1. The van der Waals surface area contributed by atoms with Crippen molar-refractivity contribution in [2.24, 2.45) is 4.99 Å². The Balaban J connectivity index is 0.00000288. The lowest BCUT2D eigenvalue weighted by Crippen LogP contribution is -2.40. The van der Waals surface area contributed by atoms with Gasteiger partial charge in [0, 0.05) is 36.2 Å². The van der Waals surface area contributed by atoms with E-state index in [1.165, 1.54) is 4.90 Å². The maximum absolute atomic E-state index is 4.51. The SMILES string of the molecule is CN=C(NCC(C)Sc1ccccc1)N(C)Cc1csc(C)n1.I. The molecule has 24 heavy (non-hydrogen) atoms. The average Bonchev–Trinajstić information content (AvgIpc) is 2.94. The lowest BCUT2D eigenvalue weighted by Gasteiger charge is -2.22. The normalized spacial score (nSPS) is 12.4. The number of aliphatic imine (C=N–C) groups is 1. The van der Waals surface area contributed by atoms with Crippen LogP contribution in [0.25, 0.3) is 0 Å². The van der Waals surface area contributed by atoms with Crippen molar-refractivity contribution in [1.29, 1.82) is 0 Å². The summed E-state index contributed by atoms with van der Waals surface area (Å²) in [5, 5.41) is 7.11. The van der Waals surface area contributed by atoms with Gasteiger partial charge in [-0.05, 0) is 19.1 Å². The van der Waals surface area contributed by atoms with Crippen molar-refractivity contribution in [3.05, 3.63) is 46.4 Å². The van der Waals surface area contributed by atoms with Crippen LogP contribution in [0, 0.1) is 6.92 Å². The number of rotatable bonds is 6. The molecule has 0 aliphatic carbocycles. The summed E-state index contributed by atoms with van der Waals surface area (Å²) in [6, 6.07) is 10.5. The molecule has 132 valence electrons. The molecular formula is C17H25IN4S2. The Labute approximate surface area is 170 Å². The second-order valence-corrected chi connectivity index (χ2v) is 7.96. The van der Waals surface area contributed by atoms with Crippen LogP contribution in [0.15, 0.2) is 45.6 Å². The molecule has 0 saturated heterocycles. The minimum Gasteiger partial charge on any atom is -0.355 e. The number of aryl methyl sites for hydroxylation is 1. The van der Waals surface area contributed by atoms with E-state index in [-0.39, 0.29) is 24.0 Å². The highest BCUT2D eigenvalue weighted by Crippen LogP contribution is 2.22. The highest BCUT2D eigenvalue weighted by molar-refractivity contribution is 14.0. The van der Waals surface area contributed by atoms with Crippen LogP contribution in [0.2, 0.25) is 0 Å². The molecule has 7 heteroatoms. The molecule has 1 unspecified atom stereocenters. The van der Waals surface area contributed by atoms with Crippen LogP contribution < -0.4 is 5.32 Å². The van der Waals surface area contributed by atoms with E-state index in [1.54, 1.807) is 11.3 Å². The molecule has 1 aromatic carbocycles. The lowest BCUT2D eigenvalue weighted by molar-refractivity contribution is 0.471. The molecule has 1 heterocycles. The van der Waals surface area contributed by atoms with Gasteiger partial charge in [-0.3, -0.25) is 4.99 Å². The van der Waals surface area contributed by atoms with Crippen LogP contribution in [0.5, 0.6) is 0 Å². The Hall–Kier alpha value is -0.800. The largest absolute Gasteiger partial charge is 0.355 e. The van der Waals surface area contributed by atoms with Gasteiger partial charge in [-0.15, -0.1) is 47.1 Å². The second-order valence-electron chi connectivity index (χ2n) is 5.38. The molecule has 0 radical (unpaired) electrons. The first kappa shape index (κ1) is 21.2. The fourth-order valence-corrected chi connectivity index (χ4v) is 3.74. The highest BCUT2D eigenvalue weighted by Gasteiger charge is 2.10. The Morgan fingerprint density at radius 2 is 2.08 bits per heavy atom. The number of nitrogens with zero attached hydrogens (tertiary/aromatic N) is 3. The van der Waals surface area contributed by atoms with E-state index in [9.17, 15) is 0 Å². The van der Waals surface area contributed by atoms with E-state index in [2.05, 4.69) is 56.8 Å². The van der Waals surface area contributed by atoms with Crippen LogP contribution in [0.3, 0.4) is 0 Å². The van der Waals surface area contributed by atoms with E-state index in [0.29, 0.717) is 5.25 Å². The molecule has 2 aromatic rings. The van der Waals surface area contributed by atoms with Crippen molar-refractivity contribution in [3.8, 4) is 0 Å². The Morgan fingerprint density at radius 1 is 1.38 bits per heavy atom. The van der Waals surface area contributed by atoms with Crippen molar-refractivity contribution in [2.45, 2.75) is 30.5 Å². The number of guanidine groups is 1. The summed E-state index contributed by atoms with van der Waals surface area (Å²) in [6.07, 6.45) is 0. The molecular weight excluding hydrogens is 451 g/mol. The summed E-state index contributed by atoms with van der Waals surface area (Å²) in [7, 11) is 3.86. The summed E-state index contributed by atoms with van der Waals surface area (Å²) >= 11 is 3.55. The second kappa shape index (κ2) is 10.9. The summed E-state index contributed by atoms with van der Waals surface area (Å²) in [4.78, 5) is 12.3. The van der Waals surface area contributed by atoms with Crippen LogP contribution in [-0.4, -0.2) is 41.7 Å². The number of aromatic nitrogens is 1. The van der Waals surface area contributed by atoms with Gasteiger partial charge in [0.1, 0.15) is 0 Å². The summed E-state index contributed by atoms with van der Waals surface area (Å²) in [6.45, 7) is 5.89. The number of halogens is 1. The van der Waals surface area contributed by atoms with Crippen LogP contribution in [0.1, 0.15) is 17.6 Å². The first-order valence-electron chi connectivity index (χ1n) is 7.63. The number of nitrogens with one attached hydrogen (secondary N) is 1. The molecule has 0 spiro atoms. The van der Waals surface area contributed by atoms with Gasteiger partial charge in [0.15, 0.2) is 5.96 Å². The van der Waals surface area contributed by atoms with Gasteiger partial charge in [-0.25, -0.2) is 4.98 Å². The molecule has 4 nitrogen and oxygen atoms in total. The van der Waals surface area contributed by atoms with Gasteiger partial charge in [0.25, 0.3) is 0 Å². The van der Waals surface area contributed by atoms with E-state index in [4.69, 9.17) is 0 Å². The predicted molar refractivity (Wildman–Crippen MR) is 117 cm³/mol. The summed E-state index contributed by atoms with van der Waals surface area (Å²) in [5.41, 5.74) is 1.09. The monoisotopic (exact) mass is 476 g/mol. The zero-order valence-electron chi connectivity index (χ0n) is 14.5. The van der Waals surface area contributed by atoms with Gasteiger partial charge in [-0.2, -0.15) is 0 Å². The molecule has 1 aromatic heterocycles. The van der Waals surface area contributed by atoms with Crippen LogP contribution in [0.4, 0.5) is 0 Å². The van der Waals surface area contributed by atoms with Crippen molar-refractivity contribution in [1.82, 2.24) is 15.2 Å². The fourth-order valence-electron chi connectivity index (χ4n) is 2.19. The number of hydrogen-bond donors (Lipinski definition) is 1. The van der Waals surface area contributed by atoms with Gasteiger partial charge in [0.05, 0.1) is 17.2 Å². The quantitative estimate of drug-likeness (QED) is 0.293. The van der Waals surface area contributed by atoms with Gasteiger partial charge < -0.3 is 10.2 Å². The van der Waals surface area contributed by atoms with Crippen molar-refractivity contribution in [2.75, 3.05) is 20.6 Å². The highest BCUT2D eigenvalue weighted by atomic mass is 127. The van der Waals surface area contributed by atoms with Crippen molar-refractivity contribution in [3.63, 3.8) is 0 Å². The molecule has 0 amide bonds. The van der Waals surface area contributed by atoms with E-state index < -0.39 is 0 Å². The third-order valence-electron chi connectivity index (χ3n) is 3.27. The molecule has 2 rings (SSSR count). The smallest absolute Gasteiger partial charge is 0.193 e. The number of hydrogen-bond acceptors (Lipinski definition) is 4. The van der Waals surface area contributed by atoms with Gasteiger partial charge in [0.2, 0.25) is 0 Å². The van der Waals surface area contributed by atoms with E-state index in [0.717, 1.165) is 29.8 Å². The standard InChI is InChI=1S/C17H24N4S2.HI/c1-13(23-16-8-6-5-7-9-16)10-19-17(18-3)21(4)11-15-12-22-14(2)20-15;/h5-9,12-13H,10-11H2,1-4H3,(H,18,19);1H. The third-order valence-corrected chi connectivity index (χ3v) is 5.20. The molecule has 1 N–H and O–H groups in total. The summed E-state index contributed by atoms with van der Waals surface area (Å²) in [5.74, 6) is 0.899. The Bertz CT molecular complexity index is 631. The number of benzene rings is 1. The van der Waals surface area contributed by atoms with Crippen molar-refractivity contribution < 1.29 is 0 Å². The average molecular weight is 476 g/mol. The van der Waals surface area contributed by atoms with E-state index >= 15 is 0 Å². The van der Waals surface area contributed by atoms with Crippen molar-refractivity contribution >= 4 is 53.0 Å². The maximum Gasteiger partial charge on any atom is 0.193 e. The first-order valence-corrected chi connectivity index (χ1v) is 9.39. The summed E-state index contributed by atoms with van der Waals surface area (Å²) < 4.78 is 0. The molecule has 0 saturated carbocycles. The zero-order valence-corrected chi connectivity index (χ0v) is 18.5. The molecule has 0 fully saturated rings. The zero-order chi connectivity index (χ0) is 16.7. The van der Waals surface area contributed by atoms with Gasteiger partial charge >= 0.3 is 0 Å². The topological polar surface area (TPSA) is 40.5 Å². The first-order chi connectivity index (χ1) is 11.1. The Kier molecular flexibility index (Phi) is 9.68. The molecule has 0 aliphatic heterocycles. The third kappa shape index (κ3) is 6.98. The van der Waals surface area contributed by atoms with Gasteiger partial charge in [-0.1, -0.05) is 25.1 Å². The van der Waals surface area contributed by atoms with Crippen LogP contribution >= 0.6 is 47.1 Å². The molecule has 0 bridgehead atoms. The molecule has 0 aliphatic rings. The minimum atomic E-state index is 0.